The van der Waals surface area contributed by atoms with E-state index in [9.17, 15) is 0 Å². The topological polar surface area (TPSA) is 52.1 Å². The third-order valence-corrected chi connectivity index (χ3v) is 5.12. The van der Waals surface area contributed by atoms with Gasteiger partial charge in [0.1, 0.15) is 0 Å². The van der Waals surface area contributed by atoms with Gasteiger partial charge in [0.15, 0.2) is 5.96 Å². The summed E-state index contributed by atoms with van der Waals surface area (Å²) in [6.45, 7) is 12.2. The van der Waals surface area contributed by atoms with Crippen LogP contribution in [0.25, 0.3) is 0 Å². The molecule has 0 spiro atoms. The summed E-state index contributed by atoms with van der Waals surface area (Å²) in [4.78, 5) is 9.12. The minimum atomic E-state index is 0.202. The van der Waals surface area contributed by atoms with E-state index in [4.69, 9.17) is 4.74 Å². The Hall–Kier alpha value is -1.63. The minimum absolute atomic E-state index is 0.202. The van der Waals surface area contributed by atoms with Crippen LogP contribution in [0.3, 0.4) is 0 Å². The molecule has 1 aliphatic heterocycles. The Bertz CT molecular complexity index is 599. The van der Waals surface area contributed by atoms with E-state index in [1.54, 1.807) is 0 Å². The molecule has 1 heterocycles. The Labute approximate surface area is 171 Å². The van der Waals surface area contributed by atoms with Gasteiger partial charge in [-0.3, -0.25) is 9.89 Å². The number of morpholine rings is 1. The average Bonchev–Trinajstić information content (AvgIpc) is 2.65. The number of benzene rings is 1. The molecular formula is C22H39N5O. The molecular weight excluding hydrogens is 350 g/mol. The number of nitrogens with zero attached hydrogens (tertiary/aromatic N) is 3. The predicted octanol–water partition coefficient (Wildman–Crippen LogP) is 2.12. The number of guanidine groups is 1. The highest BCUT2D eigenvalue weighted by molar-refractivity contribution is 5.79. The van der Waals surface area contributed by atoms with E-state index in [0.29, 0.717) is 5.92 Å². The second-order valence-electron chi connectivity index (χ2n) is 8.37. The van der Waals surface area contributed by atoms with Gasteiger partial charge < -0.3 is 20.3 Å². The van der Waals surface area contributed by atoms with E-state index in [1.165, 1.54) is 11.1 Å². The molecule has 0 bridgehead atoms. The number of aryl methyl sites for hydroxylation is 1. The number of hydrogen-bond donors (Lipinski definition) is 2. The van der Waals surface area contributed by atoms with E-state index < -0.39 is 0 Å². The lowest BCUT2D eigenvalue weighted by atomic mass is 10.0. The van der Waals surface area contributed by atoms with E-state index in [2.05, 4.69) is 84.6 Å². The lowest BCUT2D eigenvalue weighted by Gasteiger charge is -2.34. The van der Waals surface area contributed by atoms with E-state index in [-0.39, 0.29) is 12.1 Å². The van der Waals surface area contributed by atoms with Crippen LogP contribution in [-0.2, 0) is 4.74 Å². The fourth-order valence-corrected chi connectivity index (χ4v) is 3.60. The smallest absolute Gasteiger partial charge is 0.191 e. The van der Waals surface area contributed by atoms with E-state index in [1.807, 2.05) is 7.05 Å². The first kappa shape index (κ1) is 22.7. The second kappa shape index (κ2) is 11.4. The summed E-state index contributed by atoms with van der Waals surface area (Å²) < 4.78 is 5.93. The summed E-state index contributed by atoms with van der Waals surface area (Å²) in [6, 6.07) is 9.03. The third-order valence-electron chi connectivity index (χ3n) is 5.12. The summed E-state index contributed by atoms with van der Waals surface area (Å²) in [5.74, 6) is 1.51. The second-order valence-corrected chi connectivity index (χ2v) is 8.37. The van der Waals surface area contributed by atoms with Crippen LogP contribution in [0, 0.1) is 12.8 Å². The maximum atomic E-state index is 5.93. The molecule has 2 rings (SSSR count). The number of ether oxygens (including phenoxy) is 1. The summed E-state index contributed by atoms with van der Waals surface area (Å²) in [6.07, 6.45) is 0.202. The number of rotatable bonds is 8. The van der Waals surface area contributed by atoms with Crippen molar-refractivity contribution >= 4 is 5.96 Å². The molecule has 158 valence electrons. The third kappa shape index (κ3) is 7.41. The van der Waals surface area contributed by atoms with Crippen LogP contribution >= 0.6 is 0 Å². The molecule has 0 radical (unpaired) electrons. The zero-order chi connectivity index (χ0) is 20.5. The van der Waals surface area contributed by atoms with Crippen molar-refractivity contribution in [3.05, 3.63) is 35.4 Å². The van der Waals surface area contributed by atoms with Gasteiger partial charge in [-0.2, -0.15) is 0 Å². The Balaban J connectivity index is 1.83. The van der Waals surface area contributed by atoms with Crippen molar-refractivity contribution < 1.29 is 4.74 Å². The van der Waals surface area contributed by atoms with Gasteiger partial charge in [0.2, 0.25) is 0 Å². The van der Waals surface area contributed by atoms with Crippen LogP contribution in [0.1, 0.15) is 31.0 Å². The molecule has 1 aromatic rings. The Kier molecular flexibility index (Phi) is 9.22. The monoisotopic (exact) mass is 389 g/mol. The molecule has 0 aromatic heterocycles. The Morgan fingerprint density at radius 2 is 1.96 bits per heavy atom. The maximum absolute atomic E-state index is 5.93. The molecule has 1 aliphatic rings. The van der Waals surface area contributed by atoms with Crippen LogP contribution in [0.4, 0.5) is 0 Å². The van der Waals surface area contributed by atoms with E-state index >= 15 is 0 Å². The Morgan fingerprint density at radius 3 is 2.57 bits per heavy atom. The van der Waals surface area contributed by atoms with Gasteiger partial charge in [-0.05, 0) is 32.5 Å². The quantitative estimate of drug-likeness (QED) is 0.527. The van der Waals surface area contributed by atoms with E-state index in [0.717, 1.165) is 45.3 Å². The van der Waals surface area contributed by atoms with Crippen molar-refractivity contribution in [1.29, 1.82) is 0 Å². The molecule has 2 atom stereocenters. The van der Waals surface area contributed by atoms with Crippen molar-refractivity contribution in [2.45, 2.75) is 32.9 Å². The fraction of sp³-hybridized carbons (Fsp3) is 0.682. The molecule has 1 fully saturated rings. The first-order valence-corrected chi connectivity index (χ1v) is 10.4. The molecule has 0 saturated carbocycles. The molecule has 1 saturated heterocycles. The fourth-order valence-electron chi connectivity index (χ4n) is 3.60. The standard InChI is InChI=1S/C22H39N5O/c1-17(2)15-27-11-12-28-20(16-27)13-24-22(23-4)25-14-21(26(5)6)19-9-7-18(3)8-10-19/h7-10,17,20-21H,11-16H2,1-6H3,(H2,23,24,25). The molecule has 2 N–H and O–H groups in total. The maximum Gasteiger partial charge on any atom is 0.191 e. The largest absolute Gasteiger partial charge is 0.374 e. The highest BCUT2D eigenvalue weighted by Gasteiger charge is 2.21. The molecule has 28 heavy (non-hydrogen) atoms. The van der Waals surface area contributed by atoms with Crippen molar-refractivity contribution in [3.63, 3.8) is 0 Å². The lowest BCUT2D eigenvalue weighted by molar-refractivity contribution is -0.0284. The summed E-state index contributed by atoms with van der Waals surface area (Å²) in [7, 11) is 6.04. The SMILES string of the molecule is CN=C(NCC1CN(CC(C)C)CCO1)NCC(c1ccc(C)cc1)N(C)C. The predicted molar refractivity (Wildman–Crippen MR) is 118 cm³/mol. The van der Waals surface area contributed by atoms with Crippen LogP contribution in [0.2, 0.25) is 0 Å². The van der Waals surface area contributed by atoms with Crippen molar-refractivity contribution in [2.75, 3.05) is 60.5 Å². The molecule has 6 nitrogen and oxygen atoms in total. The van der Waals surface area contributed by atoms with Gasteiger partial charge in [-0.1, -0.05) is 43.7 Å². The summed E-state index contributed by atoms with van der Waals surface area (Å²) in [5.41, 5.74) is 2.59. The normalized spacial score (nSPS) is 19.9. The Morgan fingerprint density at radius 1 is 1.25 bits per heavy atom. The molecule has 1 aromatic carbocycles. The zero-order valence-electron chi connectivity index (χ0n) is 18.5. The van der Waals surface area contributed by atoms with Crippen LogP contribution in [0.15, 0.2) is 29.3 Å². The molecule has 2 unspecified atom stereocenters. The van der Waals surface area contributed by atoms with Crippen molar-refractivity contribution in [3.8, 4) is 0 Å². The first-order valence-electron chi connectivity index (χ1n) is 10.4. The average molecular weight is 390 g/mol. The highest BCUT2D eigenvalue weighted by atomic mass is 16.5. The number of nitrogens with one attached hydrogen (secondary N) is 2. The molecule has 0 aliphatic carbocycles. The van der Waals surface area contributed by atoms with Crippen molar-refractivity contribution in [1.82, 2.24) is 20.4 Å². The number of aliphatic imine (C=N–C) groups is 1. The minimum Gasteiger partial charge on any atom is -0.374 e. The van der Waals surface area contributed by atoms with Gasteiger partial charge in [0.05, 0.1) is 18.8 Å². The molecule has 6 heteroatoms. The zero-order valence-corrected chi connectivity index (χ0v) is 18.5. The van der Waals surface area contributed by atoms with Gasteiger partial charge in [-0.25, -0.2) is 0 Å². The summed E-state index contributed by atoms with van der Waals surface area (Å²) in [5, 5.41) is 6.91. The van der Waals surface area contributed by atoms with Crippen LogP contribution in [0.5, 0.6) is 0 Å². The number of likely N-dealkylation sites (N-methyl/N-ethyl adjacent to an activating group) is 1. The first-order chi connectivity index (χ1) is 13.4. The van der Waals surface area contributed by atoms with Gasteiger partial charge in [-0.15, -0.1) is 0 Å². The van der Waals surface area contributed by atoms with Crippen LogP contribution < -0.4 is 10.6 Å². The molecule has 0 amide bonds. The van der Waals surface area contributed by atoms with Crippen molar-refractivity contribution in [2.24, 2.45) is 10.9 Å². The lowest BCUT2D eigenvalue weighted by Crippen LogP contribution is -2.50. The highest BCUT2D eigenvalue weighted by Crippen LogP contribution is 2.17. The van der Waals surface area contributed by atoms with Crippen LogP contribution in [-0.4, -0.2) is 82.3 Å². The van der Waals surface area contributed by atoms with Gasteiger partial charge >= 0.3 is 0 Å². The number of hydrogen-bond acceptors (Lipinski definition) is 4. The summed E-state index contributed by atoms with van der Waals surface area (Å²) >= 11 is 0. The van der Waals surface area contributed by atoms with Gasteiger partial charge in [0.25, 0.3) is 0 Å². The van der Waals surface area contributed by atoms with Gasteiger partial charge in [0, 0.05) is 39.8 Å².